The molecule has 0 unspecified atom stereocenters. The fourth-order valence-electron chi connectivity index (χ4n) is 15.5. The van der Waals surface area contributed by atoms with Gasteiger partial charge < -0.3 is 9.47 Å². The summed E-state index contributed by atoms with van der Waals surface area (Å²) in [5.41, 5.74) is 0.990. The third-order valence-corrected chi connectivity index (χ3v) is 23.4. The number of carbonyl (C=O) groups is 2. The highest BCUT2D eigenvalue weighted by molar-refractivity contribution is 7.95. The summed E-state index contributed by atoms with van der Waals surface area (Å²) in [5, 5.41) is 4.19. The number of ether oxygens (including phenoxy) is 2. The molecule has 328 valence electrons. The van der Waals surface area contributed by atoms with Crippen LogP contribution in [0.4, 0.5) is 0 Å². The molecule has 0 heterocycles. The molecule has 0 amide bonds. The minimum atomic E-state index is -1.94. The molecule has 10 atom stereocenters. The van der Waals surface area contributed by atoms with E-state index in [1.807, 2.05) is 0 Å². The Balaban J connectivity index is 1.00. The molecule has 0 radical (unpaired) electrons. The highest BCUT2D eigenvalue weighted by atomic mass is 35.5. The molecular formula is C54H70Cl2O4P+. The maximum Gasteiger partial charge on any atom is 0.339 e. The van der Waals surface area contributed by atoms with Crippen LogP contribution in [0.2, 0.25) is 0 Å². The van der Waals surface area contributed by atoms with Gasteiger partial charge in [0.15, 0.2) is 0 Å². The lowest BCUT2D eigenvalue weighted by Crippen LogP contribution is -2.67. The molecule has 4 nitrogen and oxygen atoms in total. The zero-order valence-electron chi connectivity index (χ0n) is 37.6. The van der Waals surface area contributed by atoms with Crippen molar-refractivity contribution in [2.75, 3.05) is 12.8 Å². The van der Waals surface area contributed by atoms with Crippen LogP contribution in [0.5, 0.6) is 0 Å². The Morgan fingerprint density at radius 2 is 1.30 bits per heavy atom. The van der Waals surface area contributed by atoms with E-state index >= 15 is 0 Å². The second kappa shape index (κ2) is 17.0. The van der Waals surface area contributed by atoms with E-state index < -0.39 is 23.5 Å². The van der Waals surface area contributed by atoms with E-state index in [1.165, 1.54) is 27.9 Å². The molecule has 0 spiro atoms. The monoisotopic (exact) mass is 883 g/mol. The van der Waals surface area contributed by atoms with Crippen LogP contribution in [-0.4, -0.2) is 35.6 Å². The van der Waals surface area contributed by atoms with Crippen LogP contribution in [0.1, 0.15) is 119 Å². The first-order chi connectivity index (χ1) is 29.1. The largest absolute Gasteiger partial charge is 0.465 e. The Hall–Kier alpha value is -2.65. The van der Waals surface area contributed by atoms with Gasteiger partial charge in [-0.3, -0.25) is 4.79 Å². The molecule has 0 N–H and O–H groups in total. The number of unbranched alkanes of at least 4 members (excludes halogenated alkanes) is 1. The molecule has 0 aliphatic heterocycles. The molecule has 5 fully saturated rings. The minimum absolute atomic E-state index is 0.0623. The molecule has 5 aliphatic rings. The molecule has 3 aromatic carbocycles. The number of hydrogen-bond acceptors (Lipinski definition) is 4. The van der Waals surface area contributed by atoms with Crippen LogP contribution < -0.4 is 15.9 Å². The van der Waals surface area contributed by atoms with E-state index in [1.54, 1.807) is 0 Å². The zero-order valence-corrected chi connectivity index (χ0v) is 40.1. The van der Waals surface area contributed by atoms with E-state index in [-0.39, 0.29) is 39.7 Å². The first kappa shape index (κ1) is 44.9. The molecule has 0 aromatic heterocycles. The van der Waals surface area contributed by atoms with Crippen molar-refractivity contribution in [1.29, 1.82) is 0 Å². The lowest BCUT2D eigenvalue weighted by Gasteiger charge is -2.72. The summed E-state index contributed by atoms with van der Waals surface area (Å²) in [4.78, 5) is 26.3. The van der Waals surface area contributed by atoms with Crippen LogP contribution in [0.3, 0.4) is 0 Å². The molecule has 8 rings (SSSR count). The quantitative estimate of drug-likeness (QED) is 0.0598. The summed E-state index contributed by atoms with van der Waals surface area (Å²) in [6.45, 7) is 19.7. The van der Waals surface area contributed by atoms with Crippen LogP contribution >= 0.6 is 30.5 Å². The maximum absolute atomic E-state index is 14.9. The molecule has 5 aliphatic carbocycles. The smallest absolute Gasteiger partial charge is 0.339 e. The third kappa shape index (κ3) is 7.28. The van der Waals surface area contributed by atoms with Gasteiger partial charge >= 0.3 is 11.9 Å². The summed E-state index contributed by atoms with van der Waals surface area (Å²) in [7, 11) is -1.94. The van der Waals surface area contributed by atoms with Crippen molar-refractivity contribution in [3.8, 4) is 0 Å². The molecule has 0 saturated heterocycles. The van der Waals surface area contributed by atoms with Gasteiger partial charge in [-0.2, -0.15) is 0 Å². The average Bonchev–Trinajstić information content (AvgIpc) is 3.66. The highest BCUT2D eigenvalue weighted by Crippen LogP contribution is 2.77. The number of benzene rings is 3. The van der Waals surface area contributed by atoms with Crippen molar-refractivity contribution in [2.24, 2.45) is 56.7 Å². The summed E-state index contributed by atoms with van der Waals surface area (Å²) < 4.78 is 12.5. The predicted molar refractivity (Wildman–Crippen MR) is 255 cm³/mol. The van der Waals surface area contributed by atoms with Crippen molar-refractivity contribution < 1.29 is 19.1 Å². The number of carbonyl (C=O) groups excluding carboxylic acids is 2. The number of fused-ring (bicyclic) bond motifs is 7. The van der Waals surface area contributed by atoms with Crippen LogP contribution in [-0.2, 0) is 19.1 Å². The number of halogens is 2. The lowest BCUT2D eigenvalue weighted by molar-refractivity contribution is -0.250. The molecule has 5 saturated carbocycles. The SMILES string of the molecule is C=C(C)[C@@H]1CC[C@]2(C(=O)OCCCC[P+](c3ccccc3)(c3ccccc3)c3ccccc3)CC[C@]3(C)[C@H](CC[C@@H]4[C@@]5(C)CC[C@H](OC(=O)C(Cl)Cl)C(C)(C)[C@@H]5CC[C@]43C)[C@@H]12. The number of hydrogen-bond donors (Lipinski definition) is 0. The fourth-order valence-corrected chi connectivity index (χ4v) is 20.0. The maximum atomic E-state index is 14.9. The predicted octanol–water partition coefficient (Wildman–Crippen LogP) is 12.7. The van der Waals surface area contributed by atoms with Crippen molar-refractivity contribution in [3.05, 3.63) is 103 Å². The van der Waals surface area contributed by atoms with Crippen molar-refractivity contribution in [1.82, 2.24) is 0 Å². The van der Waals surface area contributed by atoms with Gasteiger partial charge in [0.1, 0.15) is 29.3 Å². The van der Waals surface area contributed by atoms with E-state index in [9.17, 15) is 9.59 Å². The first-order valence-electron chi connectivity index (χ1n) is 23.4. The zero-order chi connectivity index (χ0) is 43.4. The third-order valence-electron chi connectivity index (χ3n) is 18.6. The molecule has 7 heteroatoms. The van der Waals surface area contributed by atoms with E-state index in [2.05, 4.69) is 139 Å². The van der Waals surface area contributed by atoms with Gasteiger partial charge in [-0.1, -0.05) is 125 Å². The van der Waals surface area contributed by atoms with Gasteiger partial charge in [-0.05, 0) is 166 Å². The lowest BCUT2D eigenvalue weighted by atomic mass is 9.32. The standard InChI is InChI=1S/C54H70Cl2O4P/c1-37(2)41-27-32-54(49(58)59-35-17-18-36-61(38-19-11-8-12-20-38,39-21-13-9-14-22-39)40-23-15-10-16-24-40)34-33-52(6)42(46(41)54)25-26-44-51(5)30-29-45(60-48(57)47(55)56)50(3,4)43(51)28-31-53(44,52)7/h8-16,19-24,41-47H,1,17-18,25-36H2,2-7H3/q+1/t41-,42+,43-,44+,45-,46+,51-,52+,53+,54-/m0/s1. The Bertz CT molecular complexity index is 1960. The van der Waals surface area contributed by atoms with Crippen LogP contribution in [0.15, 0.2) is 103 Å². The molecular weight excluding hydrogens is 814 g/mol. The normalized spacial score (nSPS) is 35.2. The first-order valence-corrected chi connectivity index (χ1v) is 26.3. The van der Waals surface area contributed by atoms with Gasteiger partial charge in [0.2, 0.25) is 4.84 Å². The Morgan fingerprint density at radius 3 is 1.85 bits per heavy atom. The second-order valence-electron chi connectivity index (χ2n) is 21.3. The Morgan fingerprint density at radius 1 is 0.705 bits per heavy atom. The van der Waals surface area contributed by atoms with Gasteiger partial charge in [-0.25, -0.2) is 4.79 Å². The van der Waals surface area contributed by atoms with Gasteiger partial charge in [0, 0.05) is 5.41 Å². The number of allylic oxidation sites excluding steroid dienone is 1. The van der Waals surface area contributed by atoms with E-state index in [0.29, 0.717) is 30.3 Å². The summed E-state index contributed by atoms with van der Waals surface area (Å²) in [6.07, 6.45) is 13.0. The number of alkyl halides is 2. The second-order valence-corrected chi connectivity index (χ2v) is 26.0. The van der Waals surface area contributed by atoms with E-state index in [0.717, 1.165) is 76.8 Å². The summed E-state index contributed by atoms with van der Waals surface area (Å²) in [6, 6.07) is 33.3. The van der Waals surface area contributed by atoms with Crippen molar-refractivity contribution >= 4 is 58.3 Å². The molecule has 0 bridgehead atoms. The summed E-state index contributed by atoms with van der Waals surface area (Å²) >= 11 is 11.9. The van der Waals surface area contributed by atoms with Crippen molar-refractivity contribution in [3.63, 3.8) is 0 Å². The average molecular weight is 885 g/mol. The molecule has 3 aromatic rings. The summed E-state index contributed by atoms with van der Waals surface area (Å²) in [5.74, 6) is 1.58. The Kier molecular flexibility index (Phi) is 12.6. The van der Waals surface area contributed by atoms with Crippen molar-refractivity contribution in [2.45, 2.75) is 130 Å². The van der Waals surface area contributed by atoms with Gasteiger partial charge in [0.25, 0.3) is 0 Å². The highest BCUT2D eigenvalue weighted by Gasteiger charge is 2.72. The van der Waals surface area contributed by atoms with E-state index in [4.69, 9.17) is 32.7 Å². The number of rotatable bonds is 12. The number of esters is 2. The Labute approximate surface area is 377 Å². The van der Waals surface area contributed by atoms with Crippen LogP contribution in [0, 0.1) is 56.7 Å². The topological polar surface area (TPSA) is 52.6 Å². The van der Waals surface area contributed by atoms with Crippen LogP contribution in [0.25, 0.3) is 0 Å². The molecule has 61 heavy (non-hydrogen) atoms. The fraction of sp³-hybridized carbons (Fsp3) is 0.593. The van der Waals surface area contributed by atoms with Gasteiger partial charge in [0.05, 0.1) is 18.2 Å². The minimum Gasteiger partial charge on any atom is -0.465 e. The van der Waals surface area contributed by atoms with Gasteiger partial charge in [-0.15, -0.1) is 0 Å².